The highest BCUT2D eigenvalue weighted by Crippen LogP contribution is 2.29. The van der Waals surface area contributed by atoms with Gasteiger partial charge in [0, 0.05) is 5.39 Å². The molecule has 0 aliphatic carbocycles. The topological polar surface area (TPSA) is 93.9 Å². The largest absolute Gasteiger partial charge is 0.423 e. The first-order valence-electron chi connectivity index (χ1n) is 9.36. The maximum atomic E-state index is 12.6. The van der Waals surface area contributed by atoms with Crippen molar-refractivity contribution in [3.63, 3.8) is 0 Å². The second kappa shape index (κ2) is 7.07. The van der Waals surface area contributed by atoms with Crippen LogP contribution in [0.4, 0.5) is 5.69 Å². The van der Waals surface area contributed by atoms with Gasteiger partial charge in [-0.05, 0) is 48.5 Å². The molecule has 1 aliphatic rings. The van der Waals surface area contributed by atoms with Crippen molar-refractivity contribution in [2.24, 2.45) is 0 Å². The number of hydrogen-bond acceptors (Lipinski definition) is 6. The molecule has 0 bridgehead atoms. The van der Waals surface area contributed by atoms with Crippen molar-refractivity contribution in [2.75, 3.05) is 4.90 Å². The molecule has 0 atom stereocenters. The molecule has 1 aromatic heterocycles. The Hall–Kier alpha value is -4.52. The van der Waals surface area contributed by atoms with E-state index in [0.29, 0.717) is 27.8 Å². The van der Waals surface area contributed by atoms with Crippen molar-refractivity contribution in [3.05, 3.63) is 106 Å². The molecule has 0 saturated carbocycles. The van der Waals surface area contributed by atoms with Crippen LogP contribution in [0.2, 0.25) is 0 Å². The third-order valence-electron chi connectivity index (χ3n) is 4.96. The Labute approximate surface area is 175 Å². The first-order valence-corrected chi connectivity index (χ1v) is 9.36. The van der Waals surface area contributed by atoms with Crippen molar-refractivity contribution in [1.82, 2.24) is 0 Å². The van der Waals surface area contributed by atoms with Crippen LogP contribution in [-0.4, -0.2) is 17.8 Å². The van der Waals surface area contributed by atoms with Crippen LogP contribution in [0.25, 0.3) is 11.0 Å². The van der Waals surface area contributed by atoms with Crippen LogP contribution in [0.15, 0.2) is 88.1 Å². The quantitative estimate of drug-likeness (QED) is 0.220. The molecular weight excluding hydrogens is 398 g/mol. The SMILES string of the molecule is O=C(Oc1ccc(N2C(=O)c3ccccc3C2=O)cc1)c1cc2ccccc2oc1=O. The van der Waals surface area contributed by atoms with Crippen LogP contribution in [0, 0.1) is 0 Å². The molecule has 3 aromatic carbocycles. The fourth-order valence-electron chi connectivity index (χ4n) is 3.45. The second-order valence-corrected chi connectivity index (χ2v) is 6.86. The molecule has 7 heteroatoms. The lowest BCUT2D eigenvalue weighted by molar-refractivity contribution is 0.0729. The summed E-state index contributed by atoms with van der Waals surface area (Å²) in [5, 5.41) is 0.593. The van der Waals surface area contributed by atoms with E-state index in [2.05, 4.69) is 0 Å². The van der Waals surface area contributed by atoms with E-state index >= 15 is 0 Å². The number of esters is 1. The Balaban J connectivity index is 1.39. The van der Waals surface area contributed by atoms with Crippen molar-refractivity contribution >= 4 is 34.4 Å². The van der Waals surface area contributed by atoms with Crippen molar-refractivity contribution < 1.29 is 23.5 Å². The summed E-state index contributed by atoms with van der Waals surface area (Å²) < 4.78 is 10.4. The Morgan fingerprint density at radius 1 is 0.774 bits per heavy atom. The Kier molecular flexibility index (Phi) is 4.22. The number of anilines is 1. The summed E-state index contributed by atoms with van der Waals surface area (Å²) >= 11 is 0. The first kappa shape index (κ1) is 18.5. The van der Waals surface area contributed by atoms with Crippen molar-refractivity contribution in [3.8, 4) is 5.75 Å². The predicted molar refractivity (Wildman–Crippen MR) is 111 cm³/mol. The minimum atomic E-state index is -0.868. The summed E-state index contributed by atoms with van der Waals surface area (Å²) in [7, 11) is 0. The molecule has 5 rings (SSSR count). The molecule has 7 nitrogen and oxygen atoms in total. The minimum Gasteiger partial charge on any atom is -0.423 e. The molecule has 0 spiro atoms. The lowest BCUT2D eigenvalue weighted by Gasteiger charge is -2.14. The van der Waals surface area contributed by atoms with Gasteiger partial charge in [-0.1, -0.05) is 30.3 Å². The number of hydrogen-bond donors (Lipinski definition) is 0. The summed E-state index contributed by atoms with van der Waals surface area (Å²) in [5.74, 6) is -1.55. The molecule has 0 saturated heterocycles. The first-order chi connectivity index (χ1) is 15.0. The Morgan fingerprint density at radius 3 is 2.06 bits per heavy atom. The number of carbonyl (C=O) groups is 3. The van der Waals surface area contributed by atoms with E-state index in [-0.39, 0.29) is 11.3 Å². The van der Waals surface area contributed by atoms with Gasteiger partial charge in [-0.25, -0.2) is 14.5 Å². The number of rotatable bonds is 3. The molecule has 4 aromatic rings. The van der Waals surface area contributed by atoms with E-state index in [9.17, 15) is 19.2 Å². The lowest BCUT2D eigenvalue weighted by atomic mass is 10.1. The van der Waals surface area contributed by atoms with Crippen LogP contribution in [-0.2, 0) is 0 Å². The molecule has 150 valence electrons. The summed E-state index contributed by atoms with van der Waals surface area (Å²) in [6.45, 7) is 0. The van der Waals surface area contributed by atoms with E-state index in [1.807, 2.05) is 0 Å². The zero-order chi connectivity index (χ0) is 21.5. The molecule has 1 aliphatic heterocycles. The third-order valence-corrected chi connectivity index (χ3v) is 4.96. The van der Waals surface area contributed by atoms with Crippen LogP contribution in [0.5, 0.6) is 5.75 Å². The monoisotopic (exact) mass is 411 g/mol. The van der Waals surface area contributed by atoms with Crippen LogP contribution >= 0.6 is 0 Å². The Bertz CT molecular complexity index is 1400. The minimum absolute atomic E-state index is 0.151. The number of fused-ring (bicyclic) bond motifs is 2. The molecule has 2 amide bonds. The van der Waals surface area contributed by atoms with Gasteiger partial charge >= 0.3 is 11.6 Å². The smallest absolute Gasteiger partial charge is 0.351 e. The second-order valence-electron chi connectivity index (χ2n) is 6.86. The third kappa shape index (κ3) is 3.08. The van der Waals surface area contributed by atoms with Gasteiger partial charge in [0.15, 0.2) is 0 Å². The van der Waals surface area contributed by atoms with Crippen LogP contribution in [0.1, 0.15) is 31.1 Å². The molecule has 0 radical (unpaired) electrons. The average molecular weight is 411 g/mol. The fraction of sp³-hybridized carbons (Fsp3) is 0. The number of ether oxygens (including phenoxy) is 1. The van der Waals surface area contributed by atoms with E-state index in [1.165, 1.54) is 30.3 Å². The highest BCUT2D eigenvalue weighted by atomic mass is 16.5. The van der Waals surface area contributed by atoms with Gasteiger partial charge in [0.25, 0.3) is 11.8 Å². The number of nitrogens with zero attached hydrogens (tertiary/aromatic N) is 1. The van der Waals surface area contributed by atoms with E-state index in [1.54, 1.807) is 48.5 Å². The molecule has 0 N–H and O–H groups in total. The van der Waals surface area contributed by atoms with Gasteiger partial charge < -0.3 is 9.15 Å². The molecule has 0 fully saturated rings. The number of carbonyl (C=O) groups excluding carboxylic acids is 3. The molecular formula is C24H13NO6. The summed E-state index contributed by atoms with van der Waals surface area (Å²) in [6.07, 6.45) is 0. The standard InChI is InChI=1S/C24H13NO6/c26-21-17-6-2-3-7-18(17)22(27)25(21)15-9-11-16(12-10-15)30-23(28)19-13-14-5-1-4-8-20(14)31-24(19)29/h1-13H. The van der Waals surface area contributed by atoms with Crippen molar-refractivity contribution in [1.29, 1.82) is 0 Å². The van der Waals surface area contributed by atoms with Crippen LogP contribution in [0.3, 0.4) is 0 Å². The van der Waals surface area contributed by atoms with Crippen LogP contribution < -0.4 is 15.3 Å². The zero-order valence-corrected chi connectivity index (χ0v) is 15.9. The molecule has 31 heavy (non-hydrogen) atoms. The Morgan fingerprint density at radius 2 is 1.39 bits per heavy atom. The molecule has 0 unspecified atom stereocenters. The van der Waals surface area contributed by atoms with Gasteiger partial charge in [-0.2, -0.15) is 0 Å². The van der Waals surface area contributed by atoms with Crippen molar-refractivity contribution in [2.45, 2.75) is 0 Å². The zero-order valence-electron chi connectivity index (χ0n) is 15.9. The summed E-state index contributed by atoms with van der Waals surface area (Å²) in [5.41, 5.74) is 0.358. The summed E-state index contributed by atoms with van der Waals surface area (Å²) in [4.78, 5) is 50.8. The van der Waals surface area contributed by atoms with Gasteiger partial charge in [0.1, 0.15) is 16.9 Å². The van der Waals surface area contributed by atoms with Gasteiger partial charge in [-0.15, -0.1) is 0 Å². The maximum Gasteiger partial charge on any atom is 0.351 e. The maximum absolute atomic E-state index is 12.6. The van der Waals surface area contributed by atoms with E-state index < -0.39 is 23.4 Å². The van der Waals surface area contributed by atoms with E-state index in [0.717, 1.165) is 4.90 Å². The number of benzene rings is 3. The fourth-order valence-corrected chi connectivity index (χ4v) is 3.45. The molecule has 2 heterocycles. The summed E-state index contributed by atoms with van der Waals surface area (Å²) in [6, 6.07) is 20.7. The van der Waals surface area contributed by atoms with Gasteiger partial charge in [-0.3, -0.25) is 9.59 Å². The predicted octanol–water partition coefficient (Wildman–Crippen LogP) is 3.81. The lowest BCUT2D eigenvalue weighted by Crippen LogP contribution is -2.29. The highest BCUT2D eigenvalue weighted by molar-refractivity contribution is 6.34. The number of imide groups is 1. The van der Waals surface area contributed by atoms with Gasteiger partial charge in [0.05, 0.1) is 16.8 Å². The number of amides is 2. The number of para-hydroxylation sites is 1. The van der Waals surface area contributed by atoms with E-state index in [4.69, 9.17) is 9.15 Å². The highest BCUT2D eigenvalue weighted by Gasteiger charge is 2.36. The average Bonchev–Trinajstić information content (AvgIpc) is 3.04. The van der Waals surface area contributed by atoms with Gasteiger partial charge in [0.2, 0.25) is 0 Å². The normalized spacial score (nSPS) is 12.8.